The van der Waals surface area contributed by atoms with Crippen LogP contribution in [0.25, 0.3) is 0 Å². The fraction of sp³-hybridized carbons (Fsp3) is 0.364. The van der Waals surface area contributed by atoms with Gasteiger partial charge in [0.2, 0.25) is 0 Å². The number of hydrogen-bond donors (Lipinski definition) is 0. The van der Waals surface area contributed by atoms with E-state index in [0.29, 0.717) is 23.4 Å². The van der Waals surface area contributed by atoms with Crippen LogP contribution >= 0.6 is 15.9 Å². The molecule has 1 aromatic heterocycles. The summed E-state index contributed by atoms with van der Waals surface area (Å²) in [7, 11) is 1.55. The summed E-state index contributed by atoms with van der Waals surface area (Å²) in [5, 5.41) is 0. The molecule has 0 spiro atoms. The van der Waals surface area contributed by atoms with Crippen molar-refractivity contribution in [1.82, 2.24) is 9.88 Å². The van der Waals surface area contributed by atoms with Crippen LogP contribution in [0, 0.1) is 0 Å². The highest BCUT2D eigenvalue weighted by molar-refractivity contribution is 9.10. The van der Waals surface area contributed by atoms with Crippen LogP contribution in [0.2, 0.25) is 0 Å². The molecule has 0 unspecified atom stereocenters. The Morgan fingerprint density at radius 1 is 1.44 bits per heavy atom. The lowest BCUT2D eigenvalue weighted by atomic mass is 10.4. The van der Waals surface area contributed by atoms with Crippen molar-refractivity contribution in [2.75, 3.05) is 31.7 Å². The molecule has 0 atom stereocenters. The minimum Gasteiger partial charge on any atom is -0.383 e. The molecule has 0 N–H and O–H groups in total. The number of amides is 3. The lowest BCUT2D eigenvalue weighted by Gasteiger charge is -2.16. The Morgan fingerprint density at radius 3 is 2.83 bits per heavy atom. The molecule has 1 fully saturated rings. The number of hydrogen-bond acceptors (Lipinski definition) is 4. The zero-order valence-corrected chi connectivity index (χ0v) is 11.4. The molecule has 0 aromatic carbocycles. The average molecular weight is 314 g/mol. The number of imide groups is 1. The second kappa shape index (κ2) is 5.45. The SMILES string of the molecule is COCCN1CC(=O)N(c2ccc(Br)nc2)C1=O. The van der Waals surface area contributed by atoms with Gasteiger partial charge in [-0.3, -0.25) is 4.79 Å². The van der Waals surface area contributed by atoms with E-state index in [1.165, 1.54) is 11.1 Å². The molecular weight excluding hydrogens is 302 g/mol. The topological polar surface area (TPSA) is 62.7 Å². The molecule has 1 saturated heterocycles. The number of rotatable bonds is 4. The molecule has 0 bridgehead atoms. The van der Waals surface area contributed by atoms with Gasteiger partial charge in [-0.25, -0.2) is 14.7 Å². The number of urea groups is 1. The zero-order chi connectivity index (χ0) is 13.1. The number of anilines is 1. The number of carbonyl (C=O) groups is 2. The molecule has 0 radical (unpaired) electrons. The van der Waals surface area contributed by atoms with Gasteiger partial charge in [0.05, 0.1) is 18.5 Å². The number of ether oxygens (including phenoxy) is 1. The molecule has 3 amide bonds. The summed E-state index contributed by atoms with van der Waals surface area (Å²) < 4.78 is 5.56. The van der Waals surface area contributed by atoms with Crippen LogP contribution in [0.1, 0.15) is 0 Å². The fourth-order valence-corrected chi connectivity index (χ4v) is 1.92. The maximum Gasteiger partial charge on any atom is 0.332 e. The van der Waals surface area contributed by atoms with E-state index in [9.17, 15) is 9.59 Å². The van der Waals surface area contributed by atoms with Crippen LogP contribution in [0.5, 0.6) is 0 Å². The minimum atomic E-state index is -0.332. The monoisotopic (exact) mass is 313 g/mol. The van der Waals surface area contributed by atoms with E-state index in [4.69, 9.17) is 4.74 Å². The first-order chi connectivity index (χ1) is 8.63. The highest BCUT2D eigenvalue weighted by Crippen LogP contribution is 2.21. The second-order valence-corrected chi connectivity index (χ2v) is 4.58. The summed E-state index contributed by atoms with van der Waals surface area (Å²) in [6.45, 7) is 0.894. The average Bonchev–Trinajstić information content (AvgIpc) is 2.63. The smallest absolute Gasteiger partial charge is 0.332 e. The molecule has 96 valence electrons. The molecule has 6 nitrogen and oxygen atoms in total. The van der Waals surface area contributed by atoms with Gasteiger partial charge in [-0.05, 0) is 28.1 Å². The number of halogens is 1. The van der Waals surface area contributed by atoms with E-state index in [1.54, 1.807) is 19.2 Å². The predicted molar refractivity (Wildman–Crippen MR) is 68.3 cm³/mol. The Labute approximate surface area is 113 Å². The molecule has 0 aliphatic carbocycles. The van der Waals surface area contributed by atoms with E-state index >= 15 is 0 Å². The van der Waals surface area contributed by atoms with Crippen molar-refractivity contribution in [3.8, 4) is 0 Å². The Balaban J connectivity index is 2.16. The van der Waals surface area contributed by atoms with E-state index in [0.717, 1.165) is 4.90 Å². The van der Waals surface area contributed by atoms with Crippen molar-refractivity contribution in [3.63, 3.8) is 0 Å². The summed E-state index contributed by atoms with van der Waals surface area (Å²) in [5.74, 6) is -0.250. The van der Waals surface area contributed by atoms with Gasteiger partial charge in [-0.15, -0.1) is 0 Å². The predicted octanol–water partition coefficient (Wildman–Crippen LogP) is 1.26. The quantitative estimate of drug-likeness (QED) is 0.620. The normalized spacial score (nSPS) is 15.7. The standard InChI is InChI=1S/C11H12BrN3O3/c1-18-5-4-14-7-10(16)15(11(14)17)8-2-3-9(12)13-6-8/h2-3,6H,4-5,7H2,1H3. The van der Waals surface area contributed by atoms with Gasteiger partial charge in [-0.2, -0.15) is 0 Å². The minimum absolute atomic E-state index is 0.0816. The molecule has 7 heteroatoms. The highest BCUT2D eigenvalue weighted by atomic mass is 79.9. The van der Waals surface area contributed by atoms with Gasteiger partial charge in [-0.1, -0.05) is 0 Å². The highest BCUT2D eigenvalue weighted by Gasteiger charge is 2.36. The molecule has 1 aliphatic heterocycles. The number of nitrogens with zero attached hydrogens (tertiary/aromatic N) is 3. The largest absolute Gasteiger partial charge is 0.383 e. The lowest BCUT2D eigenvalue weighted by Crippen LogP contribution is -2.34. The third-order valence-corrected chi connectivity index (χ3v) is 3.04. The van der Waals surface area contributed by atoms with Crippen LogP contribution in [0.15, 0.2) is 22.9 Å². The van der Waals surface area contributed by atoms with Crippen LogP contribution in [0.3, 0.4) is 0 Å². The van der Waals surface area contributed by atoms with Crippen molar-refractivity contribution in [1.29, 1.82) is 0 Å². The molecule has 2 rings (SSSR count). The van der Waals surface area contributed by atoms with Gasteiger partial charge >= 0.3 is 6.03 Å². The number of aromatic nitrogens is 1. The van der Waals surface area contributed by atoms with E-state index < -0.39 is 0 Å². The van der Waals surface area contributed by atoms with Gasteiger partial charge in [0.15, 0.2) is 0 Å². The van der Waals surface area contributed by atoms with Crippen LogP contribution < -0.4 is 4.90 Å². The van der Waals surface area contributed by atoms with Gasteiger partial charge < -0.3 is 9.64 Å². The van der Waals surface area contributed by atoms with Gasteiger partial charge in [0.25, 0.3) is 5.91 Å². The lowest BCUT2D eigenvalue weighted by molar-refractivity contribution is -0.116. The Morgan fingerprint density at radius 2 is 2.22 bits per heavy atom. The van der Waals surface area contributed by atoms with Crippen molar-refractivity contribution < 1.29 is 14.3 Å². The maximum atomic E-state index is 12.0. The molecule has 18 heavy (non-hydrogen) atoms. The zero-order valence-electron chi connectivity index (χ0n) is 9.80. The number of pyridine rings is 1. The summed E-state index contributed by atoms with van der Waals surface area (Å²) in [6.07, 6.45) is 1.49. The molecule has 1 aliphatic rings. The second-order valence-electron chi connectivity index (χ2n) is 3.77. The summed E-state index contributed by atoms with van der Waals surface area (Å²) in [6, 6.07) is 3.03. The molecule has 0 saturated carbocycles. The third kappa shape index (κ3) is 2.51. The number of methoxy groups -OCH3 is 1. The first kappa shape index (κ1) is 13.0. The van der Waals surface area contributed by atoms with Crippen molar-refractivity contribution in [3.05, 3.63) is 22.9 Å². The molecule has 2 heterocycles. The summed E-state index contributed by atoms with van der Waals surface area (Å²) in [4.78, 5) is 30.5. The maximum absolute atomic E-state index is 12.0. The van der Waals surface area contributed by atoms with Crippen molar-refractivity contribution in [2.45, 2.75) is 0 Å². The fourth-order valence-electron chi connectivity index (χ4n) is 1.68. The Bertz CT molecular complexity index is 463. The first-order valence-electron chi connectivity index (χ1n) is 5.36. The van der Waals surface area contributed by atoms with Crippen molar-refractivity contribution in [2.24, 2.45) is 0 Å². The van der Waals surface area contributed by atoms with Crippen LogP contribution in [-0.4, -0.2) is 48.6 Å². The number of carbonyl (C=O) groups excluding carboxylic acids is 2. The summed E-state index contributed by atoms with van der Waals surface area (Å²) >= 11 is 3.20. The first-order valence-corrected chi connectivity index (χ1v) is 6.15. The Kier molecular flexibility index (Phi) is 3.93. The third-order valence-electron chi connectivity index (χ3n) is 2.57. The molecular formula is C11H12BrN3O3. The van der Waals surface area contributed by atoms with E-state index in [1.807, 2.05) is 0 Å². The molecule has 1 aromatic rings. The van der Waals surface area contributed by atoms with E-state index in [2.05, 4.69) is 20.9 Å². The Hall–Kier alpha value is -1.47. The van der Waals surface area contributed by atoms with Crippen LogP contribution in [0.4, 0.5) is 10.5 Å². The summed E-state index contributed by atoms with van der Waals surface area (Å²) in [5.41, 5.74) is 0.480. The van der Waals surface area contributed by atoms with E-state index in [-0.39, 0.29) is 18.5 Å². The van der Waals surface area contributed by atoms with Crippen LogP contribution in [-0.2, 0) is 9.53 Å². The van der Waals surface area contributed by atoms with Gasteiger partial charge in [0, 0.05) is 13.7 Å². The van der Waals surface area contributed by atoms with Crippen molar-refractivity contribution >= 4 is 33.6 Å². The van der Waals surface area contributed by atoms with Gasteiger partial charge in [0.1, 0.15) is 11.1 Å².